The lowest BCUT2D eigenvalue weighted by Gasteiger charge is -2.21. The lowest BCUT2D eigenvalue weighted by atomic mass is 10.1. The molecule has 2 aromatic rings. The van der Waals surface area contributed by atoms with Crippen molar-refractivity contribution in [2.45, 2.75) is 38.8 Å². The number of carbonyl (C=O) groups excluding carboxylic acids is 1. The molecule has 128 valence electrons. The zero-order chi connectivity index (χ0) is 16.8. The van der Waals surface area contributed by atoms with E-state index in [2.05, 4.69) is 27.5 Å². The first-order chi connectivity index (χ1) is 11.7. The first-order valence-corrected chi connectivity index (χ1v) is 8.60. The predicted molar refractivity (Wildman–Crippen MR) is 92.4 cm³/mol. The van der Waals surface area contributed by atoms with Gasteiger partial charge in [0.15, 0.2) is 0 Å². The molecule has 1 saturated carbocycles. The highest BCUT2D eigenvalue weighted by Crippen LogP contribution is 2.25. The highest BCUT2D eigenvalue weighted by atomic mass is 16.2. The van der Waals surface area contributed by atoms with Crippen LogP contribution in [0.1, 0.15) is 36.8 Å². The van der Waals surface area contributed by atoms with E-state index in [-0.39, 0.29) is 6.03 Å². The molecule has 0 radical (unpaired) electrons. The molecule has 6 nitrogen and oxygen atoms in total. The molecule has 2 amide bonds. The minimum Gasteiger partial charge on any atom is -0.334 e. The minimum atomic E-state index is 0.00796. The van der Waals surface area contributed by atoms with Gasteiger partial charge in [-0.3, -0.25) is 0 Å². The highest BCUT2D eigenvalue weighted by molar-refractivity contribution is 5.73. The summed E-state index contributed by atoms with van der Waals surface area (Å²) in [5.41, 5.74) is 2.26. The quantitative estimate of drug-likeness (QED) is 0.887. The predicted octanol–water partition coefficient (Wildman–Crippen LogP) is 2.66. The first kappa shape index (κ1) is 16.5. The van der Waals surface area contributed by atoms with Crippen LogP contribution in [0, 0.1) is 5.92 Å². The number of nitrogens with zero attached hydrogens (tertiary/aromatic N) is 4. The largest absolute Gasteiger partial charge is 0.334 e. The summed E-state index contributed by atoms with van der Waals surface area (Å²) in [6, 6.07) is 8.22. The van der Waals surface area contributed by atoms with Crippen molar-refractivity contribution >= 4 is 6.03 Å². The maximum atomic E-state index is 12.2. The standard InChI is InChI=1S/C18H25N5O/c1-22(11-16-4-2-3-5-16)18(24)20-10-15-6-8-17(9-7-15)12-23-14-19-13-21-23/h6-9,13-14,16H,2-5,10-12H2,1H3,(H,20,24). The zero-order valence-electron chi connectivity index (χ0n) is 14.2. The van der Waals surface area contributed by atoms with Gasteiger partial charge in [-0.2, -0.15) is 5.10 Å². The summed E-state index contributed by atoms with van der Waals surface area (Å²) in [7, 11) is 1.88. The van der Waals surface area contributed by atoms with Crippen molar-refractivity contribution in [2.75, 3.05) is 13.6 Å². The highest BCUT2D eigenvalue weighted by Gasteiger charge is 2.19. The zero-order valence-corrected chi connectivity index (χ0v) is 14.2. The molecule has 0 bridgehead atoms. The summed E-state index contributed by atoms with van der Waals surface area (Å²) in [6.07, 6.45) is 8.36. The third kappa shape index (κ3) is 4.57. The molecule has 1 fully saturated rings. The van der Waals surface area contributed by atoms with E-state index in [9.17, 15) is 4.79 Å². The van der Waals surface area contributed by atoms with Crippen LogP contribution in [0.15, 0.2) is 36.9 Å². The number of aromatic nitrogens is 3. The lowest BCUT2D eigenvalue weighted by molar-refractivity contribution is 0.200. The summed E-state index contributed by atoms with van der Waals surface area (Å²) in [5.74, 6) is 0.678. The number of hydrogen-bond donors (Lipinski definition) is 1. The maximum Gasteiger partial charge on any atom is 0.317 e. The molecule has 3 rings (SSSR count). The molecular weight excluding hydrogens is 302 g/mol. The topological polar surface area (TPSA) is 63.1 Å². The summed E-state index contributed by atoms with van der Waals surface area (Å²) in [5, 5.41) is 7.10. The van der Waals surface area contributed by atoms with Crippen LogP contribution in [-0.2, 0) is 13.1 Å². The number of amides is 2. The molecule has 1 aliphatic carbocycles. The van der Waals surface area contributed by atoms with Crippen molar-refractivity contribution in [3.8, 4) is 0 Å². The Morgan fingerprint density at radius 2 is 1.96 bits per heavy atom. The fourth-order valence-electron chi connectivity index (χ4n) is 3.24. The maximum absolute atomic E-state index is 12.2. The number of nitrogens with one attached hydrogen (secondary N) is 1. The summed E-state index contributed by atoms with van der Waals surface area (Å²) in [4.78, 5) is 17.9. The van der Waals surface area contributed by atoms with Gasteiger partial charge in [0.2, 0.25) is 0 Å². The molecule has 0 saturated heterocycles. The third-order valence-electron chi connectivity index (χ3n) is 4.63. The fraction of sp³-hybridized carbons (Fsp3) is 0.500. The van der Waals surface area contributed by atoms with Crippen LogP contribution in [-0.4, -0.2) is 39.3 Å². The number of carbonyl (C=O) groups is 1. The number of rotatable bonds is 6. The second-order valence-electron chi connectivity index (χ2n) is 6.60. The van der Waals surface area contributed by atoms with Gasteiger partial charge < -0.3 is 10.2 Å². The molecule has 24 heavy (non-hydrogen) atoms. The Kier molecular flexibility index (Phi) is 5.46. The Balaban J connectivity index is 1.44. The van der Waals surface area contributed by atoms with Crippen molar-refractivity contribution in [3.05, 3.63) is 48.0 Å². The Labute approximate surface area is 142 Å². The summed E-state index contributed by atoms with van der Waals surface area (Å²) >= 11 is 0. The summed E-state index contributed by atoms with van der Waals surface area (Å²) < 4.78 is 1.79. The normalized spacial score (nSPS) is 14.7. The minimum absolute atomic E-state index is 0.00796. The van der Waals surface area contributed by atoms with E-state index in [0.29, 0.717) is 19.0 Å². The molecule has 0 unspecified atom stereocenters. The van der Waals surface area contributed by atoms with Gasteiger partial charge in [-0.1, -0.05) is 37.1 Å². The van der Waals surface area contributed by atoms with Crippen LogP contribution in [0.2, 0.25) is 0 Å². The molecular formula is C18H25N5O. The molecule has 1 heterocycles. The van der Waals surface area contributed by atoms with E-state index < -0.39 is 0 Å². The molecule has 1 N–H and O–H groups in total. The van der Waals surface area contributed by atoms with Crippen LogP contribution >= 0.6 is 0 Å². The van der Waals surface area contributed by atoms with E-state index in [1.165, 1.54) is 32.0 Å². The SMILES string of the molecule is CN(CC1CCCC1)C(=O)NCc1ccc(Cn2cncn2)cc1. The molecule has 0 atom stereocenters. The van der Waals surface area contributed by atoms with Crippen LogP contribution < -0.4 is 5.32 Å². The molecule has 1 aromatic carbocycles. The van der Waals surface area contributed by atoms with Crippen LogP contribution in [0.5, 0.6) is 0 Å². The smallest absolute Gasteiger partial charge is 0.317 e. The lowest BCUT2D eigenvalue weighted by Crippen LogP contribution is -2.39. The van der Waals surface area contributed by atoms with E-state index in [4.69, 9.17) is 0 Å². The second kappa shape index (κ2) is 7.95. The van der Waals surface area contributed by atoms with Crippen molar-refractivity contribution in [2.24, 2.45) is 5.92 Å². The van der Waals surface area contributed by atoms with Gasteiger partial charge in [0, 0.05) is 20.1 Å². The van der Waals surface area contributed by atoms with Crippen molar-refractivity contribution in [1.82, 2.24) is 25.0 Å². The van der Waals surface area contributed by atoms with E-state index in [0.717, 1.165) is 17.7 Å². The Hall–Kier alpha value is -2.37. The van der Waals surface area contributed by atoms with Crippen LogP contribution in [0.4, 0.5) is 4.79 Å². The second-order valence-corrected chi connectivity index (χ2v) is 6.60. The Morgan fingerprint density at radius 1 is 1.25 bits per heavy atom. The van der Waals surface area contributed by atoms with Gasteiger partial charge in [-0.05, 0) is 29.9 Å². The summed E-state index contributed by atoms with van der Waals surface area (Å²) in [6.45, 7) is 2.12. The monoisotopic (exact) mass is 327 g/mol. The van der Waals surface area contributed by atoms with Crippen molar-refractivity contribution in [1.29, 1.82) is 0 Å². The van der Waals surface area contributed by atoms with Gasteiger partial charge in [-0.25, -0.2) is 14.5 Å². The number of hydrogen-bond acceptors (Lipinski definition) is 3. The van der Waals surface area contributed by atoms with Crippen molar-refractivity contribution in [3.63, 3.8) is 0 Å². The van der Waals surface area contributed by atoms with E-state index in [1.54, 1.807) is 11.0 Å². The average Bonchev–Trinajstić information content (AvgIpc) is 3.28. The molecule has 0 spiro atoms. The average molecular weight is 327 g/mol. The van der Waals surface area contributed by atoms with Gasteiger partial charge >= 0.3 is 6.03 Å². The molecule has 1 aromatic heterocycles. The third-order valence-corrected chi connectivity index (χ3v) is 4.63. The number of benzene rings is 1. The molecule has 0 aliphatic heterocycles. The molecule has 6 heteroatoms. The first-order valence-electron chi connectivity index (χ1n) is 8.60. The Morgan fingerprint density at radius 3 is 2.62 bits per heavy atom. The van der Waals surface area contributed by atoms with Gasteiger partial charge in [0.25, 0.3) is 0 Å². The molecule has 1 aliphatic rings. The van der Waals surface area contributed by atoms with Crippen molar-refractivity contribution < 1.29 is 4.79 Å². The van der Waals surface area contributed by atoms with Gasteiger partial charge in [-0.15, -0.1) is 0 Å². The van der Waals surface area contributed by atoms with Gasteiger partial charge in [0.1, 0.15) is 12.7 Å². The van der Waals surface area contributed by atoms with Gasteiger partial charge in [0.05, 0.1) is 6.54 Å². The van der Waals surface area contributed by atoms with E-state index in [1.807, 2.05) is 24.1 Å². The fourth-order valence-corrected chi connectivity index (χ4v) is 3.24. The number of urea groups is 1. The Bertz CT molecular complexity index is 632. The van der Waals surface area contributed by atoms with Crippen LogP contribution in [0.25, 0.3) is 0 Å². The van der Waals surface area contributed by atoms with Crippen LogP contribution in [0.3, 0.4) is 0 Å². The van der Waals surface area contributed by atoms with E-state index >= 15 is 0 Å².